The largest absolute Gasteiger partial charge is 0.416 e. The molecule has 0 saturated carbocycles. The van der Waals surface area contributed by atoms with Crippen LogP contribution in [0, 0.1) is 12.7 Å². The first-order chi connectivity index (χ1) is 16.0. The van der Waals surface area contributed by atoms with E-state index in [1.165, 1.54) is 6.20 Å². The highest BCUT2D eigenvalue weighted by atomic mass is 19.4. The van der Waals surface area contributed by atoms with Crippen molar-refractivity contribution in [3.8, 4) is 0 Å². The summed E-state index contributed by atoms with van der Waals surface area (Å²) in [7, 11) is 3.42. The molecule has 176 valence electrons. The predicted octanol–water partition coefficient (Wildman–Crippen LogP) is 4.70. The van der Waals surface area contributed by atoms with Crippen LogP contribution >= 0.6 is 0 Å². The molecule has 1 atom stereocenters. The molecule has 0 saturated heterocycles. The molecule has 0 spiro atoms. The van der Waals surface area contributed by atoms with Crippen LogP contribution in [0.25, 0.3) is 0 Å². The van der Waals surface area contributed by atoms with Crippen molar-refractivity contribution in [1.29, 1.82) is 0 Å². The predicted molar refractivity (Wildman–Crippen MR) is 118 cm³/mol. The van der Waals surface area contributed by atoms with Crippen molar-refractivity contribution in [2.24, 2.45) is 0 Å². The maximum atomic E-state index is 13.8. The molecule has 10 heteroatoms. The Kier molecular flexibility index (Phi) is 5.76. The lowest BCUT2D eigenvalue weighted by molar-refractivity contribution is -0.137. The normalized spacial score (nSPS) is 15.0. The van der Waals surface area contributed by atoms with Gasteiger partial charge < -0.3 is 15.5 Å². The molecule has 1 aliphatic heterocycles. The van der Waals surface area contributed by atoms with Gasteiger partial charge in [-0.1, -0.05) is 24.3 Å². The summed E-state index contributed by atoms with van der Waals surface area (Å²) in [5, 5.41) is 5.42. The number of carbonyl (C=O) groups is 2. The molecule has 2 amide bonds. The van der Waals surface area contributed by atoms with Crippen molar-refractivity contribution in [3.63, 3.8) is 0 Å². The van der Waals surface area contributed by atoms with Gasteiger partial charge in [0.25, 0.3) is 11.8 Å². The van der Waals surface area contributed by atoms with Crippen LogP contribution < -0.4 is 15.5 Å². The smallest absolute Gasteiger partial charge is 0.362 e. The first kappa shape index (κ1) is 23.2. The van der Waals surface area contributed by atoms with E-state index in [1.807, 2.05) is 31.2 Å². The number of nitrogens with one attached hydrogen (secondary N) is 2. The molecule has 6 nitrogen and oxygen atoms in total. The van der Waals surface area contributed by atoms with Gasteiger partial charge in [0, 0.05) is 25.2 Å². The van der Waals surface area contributed by atoms with Crippen LogP contribution in [0.3, 0.4) is 0 Å². The second kappa shape index (κ2) is 8.44. The number of pyridine rings is 1. The molecule has 0 fully saturated rings. The van der Waals surface area contributed by atoms with E-state index in [0.29, 0.717) is 29.6 Å². The quantitative estimate of drug-likeness (QED) is 0.540. The highest BCUT2D eigenvalue weighted by Gasteiger charge is 2.37. The fraction of sp³-hybridized carbons (Fsp3) is 0.208. The summed E-state index contributed by atoms with van der Waals surface area (Å²) in [6, 6.07) is 8.34. The summed E-state index contributed by atoms with van der Waals surface area (Å²) in [4.78, 5) is 31.7. The van der Waals surface area contributed by atoms with Gasteiger partial charge in [0.15, 0.2) is 0 Å². The number of aromatic nitrogens is 1. The number of hydrogen-bond donors (Lipinski definition) is 2. The van der Waals surface area contributed by atoms with Crippen LogP contribution in [0.15, 0.2) is 48.7 Å². The lowest BCUT2D eigenvalue weighted by Crippen LogP contribution is -2.21. The molecule has 1 unspecified atom stereocenters. The van der Waals surface area contributed by atoms with E-state index in [2.05, 4.69) is 15.6 Å². The van der Waals surface area contributed by atoms with Crippen molar-refractivity contribution < 1.29 is 27.2 Å². The van der Waals surface area contributed by atoms with Gasteiger partial charge in [-0.15, -0.1) is 0 Å². The number of alkyl halides is 3. The summed E-state index contributed by atoms with van der Waals surface area (Å²) in [5.41, 5.74) is 0.688. The molecule has 34 heavy (non-hydrogen) atoms. The highest BCUT2D eigenvalue weighted by Crippen LogP contribution is 2.40. The number of carbonyl (C=O) groups excluding carboxylic acids is 2. The molecule has 4 rings (SSSR count). The monoisotopic (exact) mass is 472 g/mol. The van der Waals surface area contributed by atoms with E-state index in [0.717, 1.165) is 11.1 Å². The molecule has 3 aromatic rings. The lowest BCUT2D eigenvalue weighted by atomic mass is 9.94. The number of hydrogen-bond acceptors (Lipinski definition) is 4. The number of halogens is 4. The zero-order chi connectivity index (χ0) is 24.8. The Balaban J connectivity index is 1.82. The number of amides is 2. The Morgan fingerprint density at radius 2 is 1.85 bits per heavy atom. The Morgan fingerprint density at radius 3 is 2.50 bits per heavy atom. The van der Waals surface area contributed by atoms with Crippen LogP contribution in [0.2, 0.25) is 0 Å². The van der Waals surface area contributed by atoms with Crippen LogP contribution in [-0.4, -0.2) is 30.9 Å². The molecular formula is C24H20F4N4O2. The van der Waals surface area contributed by atoms with E-state index >= 15 is 0 Å². The first-order valence-electron chi connectivity index (χ1n) is 10.2. The third kappa shape index (κ3) is 4.18. The maximum absolute atomic E-state index is 13.8. The average molecular weight is 472 g/mol. The van der Waals surface area contributed by atoms with E-state index in [4.69, 9.17) is 0 Å². The minimum Gasteiger partial charge on any atom is -0.362 e. The Labute approximate surface area is 192 Å². The van der Waals surface area contributed by atoms with E-state index < -0.39 is 41.0 Å². The van der Waals surface area contributed by atoms with Crippen molar-refractivity contribution in [2.45, 2.75) is 19.1 Å². The second-order valence-electron chi connectivity index (χ2n) is 8.12. The van der Waals surface area contributed by atoms with E-state index in [-0.39, 0.29) is 11.3 Å². The number of benzene rings is 2. The van der Waals surface area contributed by atoms with E-state index in [1.54, 1.807) is 19.0 Å². The van der Waals surface area contributed by atoms with Gasteiger partial charge in [-0.3, -0.25) is 9.59 Å². The summed E-state index contributed by atoms with van der Waals surface area (Å²) in [5.74, 6) is -2.19. The molecule has 0 bridgehead atoms. The molecule has 0 radical (unpaired) electrons. The Bertz CT molecular complexity index is 1300. The first-order valence-corrected chi connectivity index (χ1v) is 10.2. The third-order valence-corrected chi connectivity index (χ3v) is 5.55. The second-order valence-corrected chi connectivity index (χ2v) is 8.12. The molecule has 2 aromatic carbocycles. The molecular weight excluding hydrogens is 452 g/mol. The van der Waals surface area contributed by atoms with Gasteiger partial charge in [-0.2, -0.15) is 13.2 Å². The van der Waals surface area contributed by atoms with Gasteiger partial charge in [0.1, 0.15) is 11.6 Å². The fourth-order valence-electron chi connectivity index (χ4n) is 3.98. The molecule has 0 aliphatic carbocycles. The highest BCUT2D eigenvalue weighted by molar-refractivity contribution is 6.09. The van der Waals surface area contributed by atoms with Crippen molar-refractivity contribution >= 4 is 23.3 Å². The zero-order valence-electron chi connectivity index (χ0n) is 18.4. The van der Waals surface area contributed by atoms with Crippen LogP contribution in [-0.2, 0) is 6.18 Å². The summed E-state index contributed by atoms with van der Waals surface area (Å²) in [6.07, 6.45) is -3.48. The molecule has 1 aromatic heterocycles. The molecule has 2 heterocycles. The topological polar surface area (TPSA) is 74.3 Å². The zero-order valence-corrected chi connectivity index (χ0v) is 18.4. The van der Waals surface area contributed by atoms with E-state index in [9.17, 15) is 27.2 Å². The third-order valence-electron chi connectivity index (χ3n) is 5.55. The molecule has 1 aliphatic rings. The summed E-state index contributed by atoms with van der Waals surface area (Å²) < 4.78 is 53.1. The van der Waals surface area contributed by atoms with Crippen LogP contribution in [0.1, 0.15) is 49.0 Å². The molecule has 2 N–H and O–H groups in total. The van der Waals surface area contributed by atoms with Crippen molar-refractivity contribution in [2.75, 3.05) is 24.3 Å². The number of nitrogens with zero attached hydrogens (tertiary/aromatic N) is 2. The Morgan fingerprint density at radius 1 is 1.15 bits per heavy atom. The maximum Gasteiger partial charge on any atom is 0.416 e. The lowest BCUT2D eigenvalue weighted by Gasteiger charge is -2.20. The summed E-state index contributed by atoms with van der Waals surface area (Å²) in [6.45, 7) is 1.87. The average Bonchev–Trinajstić information content (AvgIpc) is 3.10. The minimum atomic E-state index is -4.82. The van der Waals surface area contributed by atoms with Gasteiger partial charge in [-0.05, 0) is 36.2 Å². The van der Waals surface area contributed by atoms with Crippen LogP contribution in [0.4, 0.5) is 29.1 Å². The summed E-state index contributed by atoms with van der Waals surface area (Å²) >= 11 is 0. The number of rotatable bonds is 4. The van der Waals surface area contributed by atoms with Gasteiger partial charge in [0.2, 0.25) is 0 Å². The SMILES string of the molecule is Cc1ccccc1C1NC(=O)c2c(N(C)C)ncc(NC(=O)c3cc(F)cc(C(F)(F)F)c3)c21. The Hall–Kier alpha value is -3.95. The van der Waals surface area contributed by atoms with Crippen LogP contribution in [0.5, 0.6) is 0 Å². The number of aryl methyl sites for hydroxylation is 1. The van der Waals surface area contributed by atoms with Crippen molar-refractivity contribution in [1.82, 2.24) is 10.3 Å². The fourth-order valence-corrected chi connectivity index (χ4v) is 3.98. The minimum absolute atomic E-state index is 0.134. The number of fused-ring (bicyclic) bond motifs is 1. The van der Waals surface area contributed by atoms with Crippen molar-refractivity contribution in [3.05, 3.63) is 87.9 Å². The number of anilines is 2. The van der Waals surface area contributed by atoms with Gasteiger partial charge in [0.05, 0.1) is 29.1 Å². The standard InChI is InChI=1S/C24H20F4N4O2/c1-12-6-4-5-7-16(12)20-18-17(11-29-21(32(2)3)19(18)23(34)31-20)30-22(33)13-8-14(24(26,27)28)10-15(25)9-13/h4-11,20H,1-3H3,(H,30,33)(H,31,34). The van der Waals surface area contributed by atoms with Gasteiger partial charge >= 0.3 is 6.18 Å². The van der Waals surface area contributed by atoms with Gasteiger partial charge in [-0.25, -0.2) is 9.37 Å².